The van der Waals surface area contributed by atoms with Crippen LogP contribution in [-0.2, 0) is 18.9 Å². The lowest BCUT2D eigenvalue weighted by Gasteiger charge is -2.36. The summed E-state index contributed by atoms with van der Waals surface area (Å²) in [5, 5.41) is 8.61. The Bertz CT molecular complexity index is 3190. The van der Waals surface area contributed by atoms with E-state index in [4.69, 9.17) is 18.9 Å². The summed E-state index contributed by atoms with van der Waals surface area (Å²) in [6.45, 7) is 15.8. The van der Waals surface area contributed by atoms with Crippen LogP contribution < -0.4 is 10.6 Å². The van der Waals surface area contributed by atoms with E-state index in [1.807, 2.05) is 12.1 Å². The Labute approximate surface area is 434 Å². The zero-order chi connectivity index (χ0) is 49.4. The van der Waals surface area contributed by atoms with Gasteiger partial charge in [-0.15, -0.1) is 45.3 Å². The number of hydrogen-bond acceptors (Lipinski definition) is 16. The highest BCUT2D eigenvalue weighted by Gasteiger charge is 2.43. The number of likely N-dealkylation sites (tertiary alicyclic amines) is 1. The monoisotopic (exact) mass is 1050 g/mol. The molecule has 12 rings (SSSR count). The average Bonchev–Trinajstić information content (AvgIpc) is 4.25. The van der Waals surface area contributed by atoms with Crippen molar-refractivity contribution in [3.05, 3.63) is 99.4 Å². The van der Waals surface area contributed by atoms with Crippen LogP contribution in [0.15, 0.2) is 78.0 Å². The largest absolute Gasteiger partial charge is 0.353 e. The Kier molecular flexibility index (Phi) is 14.7. The van der Waals surface area contributed by atoms with Crippen LogP contribution in [0.2, 0.25) is 0 Å². The van der Waals surface area contributed by atoms with Gasteiger partial charge in [-0.3, -0.25) is 9.80 Å². The van der Waals surface area contributed by atoms with Crippen molar-refractivity contribution in [3.8, 4) is 0 Å². The van der Waals surface area contributed by atoms with Gasteiger partial charge in [0, 0.05) is 82.8 Å². The van der Waals surface area contributed by atoms with Crippen LogP contribution in [0.1, 0.15) is 88.3 Å². The molecule has 2 N–H and O–H groups in total. The van der Waals surface area contributed by atoms with Gasteiger partial charge in [-0.1, -0.05) is 6.08 Å². The van der Waals surface area contributed by atoms with E-state index in [2.05, 4.69) is 86.3 Å². The van der Waals surface area contributed by atoms with Crippen LogP contribution in [0.3, 0.4) is 0 Å². The first-order chi connectivity index (χ1) is 35.0. The SMILES string of the molecule is CC1(C)C(c2cc3c(Nc4cc5ncsc5cc4F)ccnc3s2)=CCN1CCOC1CCCCO1.CC1(C)C(c2cc3c(Nc4cc5ncsc5cc4F)ccnc3s2)CCN1CCOC1CCCCO1. The molecule has 0 saturated carbocycles. The quantitative estimate of drug-likeness (QED) is 0.108. The van der Waals surface area contributed by atoms with Crippen LogP contribution >= 0.6 is 45.3 Å². The Balaban J connectivity index is 0.000000156. The molecule has 2 aromatic carbocycles. The molecule has 6 aromatic heterocycles. The molecule has 10 heterocycles. The smallest absolute Gasteiger partial charge is 0.157 e. The second-order valence-corrected chi connectivity index (χ2v) is 23.8. The first-order valence-corrected chi connectivity index (χ1v) is 28.4. The van der Waals surface area contributed by atoms with Crippen LogP contribution in [0.25, 0.3) is 46.4 Å². The van der Waals surface area contributed by atoms with Crippen molar-refractivity contribution in [2.75, 3.05) is 63.2 Å². The van der Waals surface area contributed by atoms with Crippen LogP contribution in [0, 0.1) is 11.6 Å². The number of benzene rings is 2. The summed E-state index contributed by atoms with van der Waals surface area (Å²) >= 11 is 6.30. The summed E-state index contributed by atoms with van der Waals surface area (Å²) < 4.78 is 54.7. The third-order valence-electron chi connectivity index (χ3n) is 14.8. The number of fused-ring (bicyclic) bond motifs is 4. The molecule has 378 valence electrons. The zero-order valence-corrected chi connectivity index (χ0v) is 44.3. The fourth-order valence-electron chi connectivity index (χ4n) is 10.6. The molecule has 4 aliphatic rings. The molecular formula is C54H60F2N8O4S4. The molecule has 8 aromatic rings. The van der Waals surface area contributed by atoms with E-state index in [0.29, 0.717) is 30.5 Å². The van der Waals surface area contributed by atoms with Crippen LogP contribution in [-0.4, -0.2) is 106 Å². The molecule has 0 spiro atoms. The molecule has 72 heavy (non-hydrogen) atoms. The van der Waals surface area contributed by atoms with Gasteiger partial charge in [0.15, 0.2) is 12.6 Å². The number of nitrogens with zero attached hydrogens (tertiary/aromatic N) is 6. The van der Waals surface area contributed by atoms with Crippen LogP contribution in [0.4, 0.5) is 31.5 Å². The molecule has 3 fully saturated rings. The molecule has 12 nitrogen and oxygen atoms in total. The molecule has 0 radical (unpaired) electrons. The fraction of sp³-hybridized carbons (Fsp3) is 0.444. The van der Waals surface area contributed by atoms with Gasteiger partial charge in [0.05, 0.1) is 67.4 Å². The first kappa shape index (κ1) is 49.6. The number of rotatable bonds is 14. The number of pyridine rings is 2. The lowest BCUT2D eigenvalue weighted by molar-refractivity contribution is -0.165. The van der Waals surface area contributed by atoms with E-state index in [1.54, 1.807) is 64.3 Å². The lowest BCUT2D eigenvalue weighted by atomic mass is 9.87. The van der Waals surface area contributed by atoms with E-state index >= 15 is 0 Å². The number of ether oxygens (including phenoxy) is 4. The predicted octanol–water partition coefficient (Wildman–Crippen LogP) is 13.7. The molecule has 18 heteroatoms. The Hall–Kier alpha value is -4.60. The van der Waals surface area contributed by atoms with Crippen molar-refractivity contribution in [1.29, 1.82) is 0 Å². The molecular weight excluding hydrogens is 991 g/mol. The van der Waals surface area contributed by atoms with Crippen molar-refractivity contribution in [3.63, 3.8) is 0 Å². The van der Waals surface area contributed by atoms with Crippen molar-refractivity contribution >= 4 is 115 Å². The molecule has 3 saturated heterocycles. The third kappa shape index (κ3) is 10.4. The maximum Gasteiger partial charge on any atom is 0.157 e. The van der Waals surface area contributed by atoms with Crippen molar-refractivity contribution in [1.82, 2.24) is 29.7 Å². The maximum absolute atomic E-state index is 14.8. The number of nitrogens with one attached hydrogen (secondary N) is 2. The molecule has 4 aliphatic heterocycles. The minimum Gasteiger partial charge on any atom is -0.353 e. The summed E-state index contributed by atoms with van der Waals surface area (Å²) in [6.07, 6.45) is 13.5. The lowest BCUT2D eigenvalue weighted by Crippen LogP contribution is -2.43. The van der Waals surface area contributed by atoms with Gasteiger partial charge < -0.3 is 29.6 Å². The second-order valence-electron chi connectivity index (χ2n) is 19.9. The van der Waals surface area contributed by atoms with Gasteiger partial charge in [-0.25, -0.2) is 28.7 Å². The third-order valence-corrected chi connectivity index (χ3v) is 18.6. The van der Waals surface area contributed by atoms with Crippen LogP contribution in [0.5, 0.6) is 0 Å². The summed E-state index contributed by atoms with van der Waals surface area (Å²) in [7, 11) is 0. The van der Waals surface area contributed by atoms with Crippen molar-refractivity contribution < 1.29 is 27.7 Å². The van der Waals surface area contributed by atoms with E-state index in [1.165, 1.54) is 56.9 Å². The van der Waals surface area contributed by atoms with Gasteiger partial charge in [0.25, 0.3) is 0 Å². The topological polar surface area (TPSA) is 119 Å². The molecule has 0 aliphatic carbocycles. The summed E-state index contributed by atoms with van der Waals surface area (Å²) in [6, 6.07) is 14.9. The highest BCUT2D eigenvalue weighted by atomic mass is 32.1. The highest BCUT2D eigenvalue weighted by molar-refractivity contribution is 7.20. The summed E-state index contributed by atoms with van der Waals surface area (Å²) in [4.78, 5) is 27.3. The van der Waals surface area contributed by atoms with E-state index < -0.39 is 0 Å². The highest BCUT2D eigenvalue weighted by Crippen LogP contribution is 2.47. The van der Waals surface area contributed by atoms with Gasteiger partial charge >= 0.3 is 0 Å². The molecule has 0 amide bonds. The zero-order valence-electron chi connectivity index (χ0n) is 41.0. The minimum absolute atomic E-state index is 0.00696. The minimum atomic E-state index is -0.289. The number of thiazole rings is 2. The van der Waals surface area contributed by atoms with E-state index in [9.17, 15) is 8.78 Å². The Morgan fingerprint density at radius 2 is 1.24 bits per heavy atom. The number of thiophene rings is 2. The Morgan fingerprint density at radius 3 is 1.82 bits per heavy atom. The van der Waals surface area contributed by atoms with Gasteiger partial charge in [0.2, 0.25) is 0 Å². The fourth-order valence-corrected chi connectivity index (χ4v) is 14.5. The summed E-state index contributed by atoms with van der Waals surface area (Å²) in [5.74, 6) is -0.164. The number of anilines is 4. The van der Waals surface area contributed by atoms with Gasteiger partial charge in [-0.05, 0) is 133 Å². The number of hydrogen-bond donors (Lipinski definition) is 2. The van der Waals surface area contributed by atoms with E-state index in [-0.39, 0.29) is 35.3 Å². The Morgan fingerprint density at radius 1 is 0.667 bits per heavy atom. The molecule has 3 unspecified atom stereocenters. The average molecular weight is 1050 g/mol. The molecule has 3 atom stereocenters. The predicted molar refractivity (Wildman–Crippen MR) is 291 cm³/mol. The second kappa shape index (κ2) is 21.3. The normalized spacial score (nSPS) is 21.4. The van der Waals surface area contributed by atoms with Crippen molar-refractivity contribution in [2.45, 2.75) is 102 Å². The standard InChI is InChI=1S/C27H31FN4O2S2.C27H29FN4O2S2/c2*1-27(2)18(7-9-32(27)10-12-34-25-5-3-4-11-33-25)23-13-17-20(6-8-29-26(17)36-23)31-21-15-22-24(14-19(21)28)35-16-30-22/h6,8,13-16,18,25H,3-5,7,9-12H2,1-2H3,(H,29,31);6-8,13-16,25H,3-5,9-12H2,1-2H3,(H,29,31). The maximum atomic E-state index is 14.8. The number of halogens is 2. The first-order valence-electron chi connectivity index (χ1n) is 25.0. The van der Waals surface area contributed by atoms with E-state index in [0.717, 1.165) is 124 Å². The van der Waals surface area contributed by atoms with Gasteiger partial charge in [0.1, 0.15) is 21.3 Å². The summed E-state index contributed by atoms with van der Waals surface area (Å²) in [5.41, 5.74) is 8.79. The van der Waals surface area contributed by atoms with Gasteiger partial charge in [-0.2, -0.15) is 0 Å². The number of aromatic nitrogens is 4. The van der Waals surface area contributed by atoms with Crippen molar-refractivity contribution in [2.24, 2.45) is 0 Å². The molecule has 0 bridgehead atoms.